The normalized spacial score (nSPS) is 11.6. The Kier molecular flexibility index (Phi) is 15.9. The molecule has 0 fully saturated rings. The summed E-state index contributed by atoms with van der Waals surface area (Å²) in [5, 5.41) is 0. The highest BCUT2D eigenvalue weighted by atomic mass is 31.1. The third-order valence-corrected chi connectivity index (χ3v) is 7.22. The maximum Gasteiger partial charge on any atom is 0.304 e. The van der Waals surface area contributed by atoms with Crippen molar-refractivity contribution in [2.45, 2.75) is 72.0 Å². The average Bonchev–Trinajstić information content (AvgIpc) is 2.67. The first-order chi connectivity index (χ1) is 12.5. The second-order valence-electron chi connectivity index (χ2n) is 6.81. The van der Waals surface area contributed by atoms with Gasteiger partial charge >= 0.3 is 5.97 Å². The van der Waals surface area contributed by atoms with Gasteiger partial charge < -0.3 is 4.74 Å². The molecule has 0 amide bonds. The van der Waals surface area contributed by atoms with Gasteiger partial charge in [-0.1, -0.05) is 69.9 Å². The molecule has 0 bridgehead atoms. The van der Waals surface area contributed by atoms with E-state index in [1.165, 1.54) is 45.6 Å². The molecule has 1 atom stereocenters. The van der Waals surface area contributed by atoms with Crippen LogP contribution in [0.2, 0.25) is 0 Å². The minimum Gasteiger partial charge on any atom is -0.469 e. The zero-order valence-electron chi connectivity index (χ0n) is 17.6. The number of methoxy groups -OCH3 is 1. The number of aryl methyl sites for hydroxylation is 1. The van der Waals surface area contributed by atoms with Gasteiger partial charge in [-0.25, -0.2) is 0 Å². The second kappa shape index (κ2) is 16.4. The maximum absolute atomic E-state index is 11.0. The van der Waals surface area contributed by atoms with E-state index in [1.807, 2.05) is 31.2 Å². The van der Waals surface area contributed by atoms with E-state index in [2.05, 4.69) is 25.5 Å². The van der Waals surface area contributed by atoms with Gasteiger partial charge in [0.15, 0.2) is 0 Å². The lowest BCUT2D eigenvalue weighted by Crippen LogP contribution is -2.13. The Hall–Kier alpha value is -0.815. The largest absolute Gasteiger partial charge is 0.469 e. The van der Waals surface area contributed by atoms with Gasteiger partial charge in [0.2, 0.25) is 0 Å². The van der Waals surface area contributed by atoms with Crippen molar-refractivity contribution in [3.63, 3.8) is 0 Å². The van der Waals surface area contributed by atoms with E-state index in [4.69, 9.17) is 7.85 Å². The molecule has 2 radical (unpaired) electrons. The lowest BCUT2D eigenvalue weighted by molar-refractivity contribution is -0.140. The Morgan fingerprint density at radius 1 is 0.962 bits per heavy atom. The summed E-state index contributed by atoms with van der Waals surface area (Å²) in [6, 6.07) is 7.49. The number of benzene rings is 1. The highest BCUT2D eigenvalue weighted by molar-refractivity contribution is 7.57. The third kappa shape index (κ3) is 11.7. The van der Waals surface area contributed by atoms with Gasteiger partial charge in [-0.2, -0.15) is 0 Å². The molecule has 1 aromatic carbocycles. The first-order valence-electron chi connectivity index (χ1n) is 10.1. The van der Waals surface area contributed by atoms with E-state index in [-0.39, 0.29) is 0 Å². The first kappa shape index (κ1) is 25.2. The summed E-state index contributed by atoms with van der Waals surface area (Å²) in [6.45, 7) is 8.92. The molecule has 2 nitrogen and oxygen atoms in total. The highest BCUT2D eigenvalue weighted by Crippen LogP contribution is 2.38. The standard InChI is InChI=1S/C12H27P.C10H11BO2/c1-4-7-10-13(11-8-5-2)12-9-6-3;1-7-3-5-8(6-4-7)9(11)10(12)13-2/h4-12H2,1-3H3;3-6,9H,1-2H3. The molecule has 4 heteroatoms. The van der Waals surface area contributed by atoms with Gasteiger partial charge in [-0.05, 0) is 50.2 Å². The van der Waals surface area contributed by atoms with Crippen molar-refractivity contribution >= 4 is 21.7 Å². The molecular weight excluding hydrogens is 338 g/mol. The van der Waals surface area contributed by atoms with Crippen molar-refractivity contribution in [2.24, 2.45) is 0 Å². The minimum atomic E-state index is -0.675. The lowest BCUT2D eigenvalue weighted by atomic mass is 9.81. The second-order valence-corrected chi connectivity index (χ2v) is 9.50. The summed E-state index contributed by atoms with van der Waals surface area (Å²) in [4.78, 5) is 11.0. The van der Waals surface area contributed by atoms with Gasteiger partial charge in [-0.3, -0.25) is 4.79 Å². The van der Waals surface area contributed by atoms with E-state index in [1.54, 1.807) is 18.5 Å². The molecule has 0 aliphatic rings. The van der Waals surface area contributed by atoms with Gasteiger partial charge in [-0.15, -0.1) is 7.92 Å². The summed E-state index contributed by atoms with van der Waals surface area (Å²) in [6.07, 6.45) is 13.2. The molecule has 0 saturated heterocycles. The predicted octanol–water partition coefficient (Wildman–Crippen LogP) is 6.25. The van der Waals surface area contributed by atoms with Crippen LogP contribution in [0, 0.1) is 6.92 Å². The molecule has 0 aliphatic heterocycles. The molecule has 0 spiro atoms. The van der Waals surface area contributed by atoms with Crippen LogP contribution in [-0.2, 0) is 9.53 Å². The maximum atomic E-state index is 11.0. The van der Waals surface area contributed by atoms with Crippen LogP contribution in [0.5, 0.6) is 0 Å². The fourth-order valence-electron chi connectivity index (χ4n) is 2.52. The number of unbranched alkanes of at least 4 members (excludes halogenated alkanes) is 3. The smallest absolute Gasteiger partial charge is 0.304 e. The van der Waals surface area contributed by atoms with Crippen LogP contribution >= 0.6 is 7.92 Å². The lowest BCUT2D eigenvalue weighted by Gasteiger charge is -2.16. The van der Waals surface area contributed by atoms with Crippen molar-refractivity contribution < 1.29 is 9.53 Å². The molecular formula is C22H38BO2P. The average molecular weight is 376 g/mol. The van der Waals surface area contributed by atoms with E-state index in [0.29, 0.717) is 7.92 Å². The molecule has 0 N–H and O–H groups in total. The van der Waals surface area contributed by atoms with Crippen LogP contribution in [-0.4, -0.2) is 39.4 Å². The summed E-state index contributed by atoms with van der Waals surface area (Å²) < 4.78 is 4.53. The van der Waals surface area contributed by atoms with Crippen LogP contribution in [0.15, 0.2) is 24.3 Å². The SMILES string of the molecule is CCCCP(CCCC)CCCC.[B]C(C(=O)OC)c1ccc(C)cc1. The number of carbonyl (C=O) groups is 1. The van der Waals surface area contributed by atoms with Crippen LogP contribution in [0.4, 0.5) is 0 Å². The summed E-state index contributed by atoms with van der Waals surface area (Å²) in [5.41, 5.74) is 1.92. The number of rotatable bonds is 11. The number of carbonyl (C=O) groups excluding carboxylic acids is 1. The molecule has 0 aromatic heterocycles. The number of hydrogen-bond acceptors (Lipinski definition) is 2. The summed E-state index contributed by atoms with van der Waals surface area (Å²) >= 11 is 0. The topological polar surface area (TPSA) is 26.3 Å². The Balaban J connectivity index is 0.000000481. The van der Waals surface area contributed by atoms with Gasteiger partial charge in [0, 0.05) is 5.82 Å². The Bertz CT molecular complexity index is 443. The molecule has 1 rings (SSSR count). The fourth-order valence-corrected chi connectivity index (χ4v) is 5.48. The third-order valence-electron chi connectivity index (χ3n) is 4.38. The van der Waals surface area contributed by atoms with Crippen LogP contribution in [0.1, 0.15) is 76.2 Å². The monoisotopic (exact) mass is 376 g/mol. The molecule has 1 unspecified atom stereocenters. The van der Waals surface area contributed by atoms with Gasteiger partial charge in [0.25, 0.3) is 0 Å². The van der Waals surface area contributed by atoms with Crippen molar-refractivity contribution in [2.75, 3.05) is 25.6 Å². The quantitative estimate of drug-likeness (QED) is 0.259. The molecule has 1 aromatic rings. The molecule has 0 aliphatic carbocycles. The number of hydrogen-bond donors (Lipinski definition) is 0. The molecule has 146 valence electrons. The summed E-state index contributed by atoms with van der Waals surface area (Å²) in [7, 11) is 7.38. The zero-order chi connectivity index (χ0) is 19.8. The van der Waals surface area contributed by atoms with Crippen LogP contribution in [0.3, 0.4) is 0 Å². The highest BCUT2D eigenvalue weighted by Gasteiger charge is 2.14. The Labute approximate surface area is 164 Å². The van der Waals surface area contributed by atoms with Crippen molar-refractivity contribution in [1.29, 1.82) is 0 Å². The number of ether oxygens (including phenoxy) is 1. The van der Waals surface area contributed by atoms with Crippen molar-refractivity contribution in [1.82, 2.24) is 0 Å². The van der Waals surface area contributed by atoms with Crippen LogP contribution < -0.4 is 0 Å². The molecule has 0 heterocycles. The zero-order valence-corrected chi connectivity index (χ0v) is 18.5. The van der Waals surface area contributed by atoms with E-state index in [9.17, 15) is 4.79 Å². The van der Waals surface area contributed by atoms with Gasteiger partial charge in [0.05, 0.1) is 15.0 Å². The van der Waals surface area contributed by atoms with Crippen molar-refractivity contribution in [3.05, 3.63) is 35.4 Å². The predicted molar refractivity (Wildman–Crippen MR) is 118 cm³/mol. The van der Waals surface area contributed by atoms with E-state index < -0.39 is 11.8 Å². The van der Waals surface area contributed by atoms with Crippen LogP contribution in [0.25, 0.3) is 0 Å². The number of esters is 1. The van der Waals surface area contributed by atoms with E-state index in [0.717, 1.165) is 11.1 Å². The minimum absolute atomic E-state index is 0.413. The first-order valence-corrected chi connectivity index (χ1v) is 12.0. The van der Waals surface area contributed by atoms with Gasteiger partial charge in [0.1, 0.15) is 0 Å². The molecule has 26 heavy (non-hydrogen) atoms. The fraction of sp³-hybridized carbons (Fsp3) is 0.682. The summed E-state index contributed by atoms with van der Waals surface area (Å²) in [5.74, 6) is -1.09. The van der Waals surface area contributed by atoms with E-state index >= 15 is 0 Å². The van der Waals surface area contributed by atoms with Crippen molar-refractivity contribution in [3.8, 4) is 0 Å². The Morgan fingerprint density at radius 2 is 1.38 bits per heavy atom. The molecule has 0 saturated carbocycles. The Morgan fingerprint density at radius 3 is 1.73 bits per heavy atom.